The van der Waals surface area contributed by atoms with Crippen LogP contribution in [0.5, 0.6) is 0 Å². The van der Waals surface area contributed by atoms with Crippen molar-refractivity contribution in [2.45, 2.75) is 13.1 Å². The first-order valence-electron chi connectivity index (χ1n) is 6.66. The Morgan fingerprint density at radius 2 is 1.05 bits per heavy atom. The minimum atomic E-state index is 0.894. The third-order valence-electron chi connectivity index (χ3n) is 3.31. The quantitative estimate of drug-likeness (QED) is 0.652. The van der Waals surface area contributed by atoms with Gasteiger partial charge in [0.1, 0.15) is 0 Å². The number of benzene rings is 2. The van der Waals surface area contributed by atoms with Gasteiger partial charge in [0.2, 0.25) is 0 Å². The Balaban J connectivity index is 1.81. The molecule has 0 aliphatic rings. The molecule has 2 nitrogen and oxygen atoms in total. The molecule has 3 aromatic rings. The number of hydrogen-bond donors (Lipinski definition) is 0. The van der Waals surface area contributed by atoms with Gasteiger partial charge in [-0.1, -0.05) is 0 Å². The molecule has 0 N–H and O–H groups in total. The van der Waals surface area contributed by atoms with Crippen LogP contribution in [0.2, 0.25) is 0 Å². The second-order valence-corrected chi connectivity index (χ2v) is 5.57. The molecule has 100 valence electrons. The molecular formula is C17H16N2Se. The van der Waals surface area contributed by atoms with E-state index >= 15 is 0 Å². The van der Waals surface area contributed by atoms with Crippen molar-refractivity contribution in [1.29, 1.82) is 0 Å². The minimum absolute atomic E-state index is 0.894. The van der Waals surface area contributed by atoms with Crippen LogP contribution in [0, 0.1) is 4.32 Å². The van der Waals surface area contributed by atoms with E-state index in [4.69, 9.17) is 0 Å². The molecule has 20 heavy (non-hydrogen) atoms. The molecule has 2 aromatic carbocycles. The van der Waals surface area contributed by atoms with Crippen LogP contribution in [0.3, 0.4) is 0 Å². The van der Waals surface area contributed by atoms with Crippen LogP contribution in [0.4, 0.5) is 0 Å². The molecule has 0 spiro atoms. The van der Waals surface area contributed by atoms with Gasteiger partial charge < -0.3 is 0 Å². The zero-order valence-electron chi connectivity index (χ0n) is 11.1. The van der Waals surface area contributed by atoms with E-state index in [0.717, 1.165) is 17.4 Å². The van der Waals surface area contributed by atoms with E-state index in [1.54, 1.807) is 0 Å². The summed E-state index contributed by atoms with van der Waals surface area (Å²) in [6, 6.07) is 21.0. The standard InChI is InChI=1S/C17H16N2Se/c20-17-18(13-15-7-3-1-4-8-15)11-12-19(17)14-16-9-5-2-6-10-16/h1-12H,13-14H2. The first-order chi connectivity index (χ1) is 9.83. The zero-order chi connectivity index (χ0) is 13.8. The molecule has 0 unspecified atom stereocenters. The van der Waals surface area contributed by atoms with Gasteiger partial charge in [-0.15, -0.1) is 0 Å². The SMILES string of the molecule is [Se]=c1n(Cc2ccccc2)ccn1Cc1ccccc1. The summed E-state index contributed by atoms with van der Waals surface area (Å²) in [6.45, 7) is 1.79. The molecule has 0 atom stereocenters. The van der Waals surface area contributed by atoms with Crippen LogP contribution in [0.1, 0.15) is 11.1 Å². The number of nitrogens with zero attached hydrogens (tertiary/aromatic N) is 2. The van der Waals surface area contributed by atoms with Gasteiger partial charge in [-0.2, -0.15) is 0 Å². The third-order valence-corrected chi connectivity index (χ3v) is 4.29. The molecule has 0 saturated heterocycles. The van der Waals surface area contributed by atoms with E-state index in [1.165, 1.54) is 11.1 Å². The maximum absolute atomic E-state index is 3.19. The summed E-state index contributed by atoms with van der Waals surface area (Å²) in [7, 11) is 0. The molecule has 3 heteroatoms. The summed E-state index contributed by atoms with van der Waals surface area (Å²) in [5.41, 5.74) is 2.62. The second kappa shape index (κ2) is 6.08. The third kappa shape index (κ3) is 3.01. The molecule has 0 fully saturated rings. The Bertz CT molecular complexity index is 664. The fourth-order valence-electron chi connectivity index (χ4n) is 2.25. The first-order valence-corrected chi connectivity index (χ1v) is 7.52. The summed E-state index contributed by atoms with van der Waals surface area (Å²) < 4.78 is 5.62. The summed E-state index contributed by atoms with van der Waals surface area (Å²) in [5.74, 6) is 0. The molecule has 0 aliphatic carbocycles. The van der Waals surface area contributed by atoms with E-state index in [1.807, 2.05) is 12.1 Å². The Morgan fingerprint density at radius 3 is 1.45 bits per heavy atom. The second-order valence-electron chi connectivity index (χ2n) is 4.81. The fraction of sp³-hybridized carbons (Fsp3) is 0.118. The topological polar surface area (TPSA) is 9.86 Å². The van der Waals surface area contributed by atoms with Crippen LogP contribution < -0.4 is 0 Å². The van der Waals surface area contributed by atoms with E-state index < -0.39 is 0 Å². The van der Waals surface area contributed by atoms with E-state index in [-0.39, 0.29) is 0 Å². The van der Waals surface area contributed by atoms with Gasteiger partial charge in [-0.25, -0.2) is 0 Å². The zero-order valence-corrected chi connectivity index (χ0v) is 12.9. The van der Waals surface area contributed by atoms with Crippen LogP contribution in [0.15, 0.2) is 73.1 Å². The van der Waals surface area contributed by atoms with Crippen molar-refractivity contribution in [2.75, 3.05) is 0 Å². The summed E-state index contributed by atoms with van der Waals surface area (Å²) in [4.78, 5) is 0. The Kier molecular flexibility index (Phi) is 4.00. The van der Waals surface area contributed by atoms with Gasteiger partial charge in [0.25, 0.3) is 0 Å². The molecule has 0 saturated carbocycles. The van der Waals surface area contributed by atoms with Crippen LogP contribution >= 0.6 is 0 Å². The molecular weight excluding hydrogens is 311 g/mol. The van der Waals surface area contributed by atoms with E-state index in [2.05, 4.69) is 85.6 Å². The average molecular weight is 327 g/mol. The maximum atomic E-state index is 3.19. The van der Waals surface area contributed by atoms with Crippen molar-refractivity contribution in [3.8, 4) is 0 Å². The monoisotopic (exact) mass is 328 g/mol. The molecule has 0 radical (unpaired) electrons. The fourth-order valence-corrected chi connectivity index (χ4v) is 2.78. The average Bonchev–Trinajstić information content (AvgIpc) is 2.83. The van der Waals surface area contributed by atoms with Gasteiger partial charge in [0, 0.05) is 0 Å². The van der Waals surface area contributed by atoms with Crippen LogP contribution in [0.25, 0.3) is 0 Å². The molecule has 3 rings (SSSR count). The number of aromatic nitrogens is 2. The first kappa shape index (κ1) is 13.2. The van der Waals surface area contributed by atoms with Gasteiger partial charge in [0.15, 0.2) is 0 Å². The predicted octanol–water partition coefficient (Wildman–Crippen LogP) is 3.09. The molecule has 1 aromatic heterocycles. The molecule has 0 aliphatic heterocycles. The van der Waals surface area contributed by atoms with Gasteiger partial charge in [-0.05, 0) is 0 Å². The number of imidazole rings is 1. The van der Waals surface area contributed by atoms with E-state index in [0.29, 0.717) is 0 Å². The predicted molar refractivity (Wildman–Crippen MR) is 82.5 cm³/mol. The van der Waals surface area contributed by atoms with Crippen LogP contribution in [-0.2, 0) is 13.1 Å². The Hall–Kier alpha value is -1.83. The van der Waals surface area contributed by atoms with Crippen molar-refractivity contribution < 1.29 is 0 Å². The van der Waals surface area contributed by atoms with Crippen molar-refractivity contribution in [3.05, 3.63) is 88.5 Å². The number of hydrogen-bond acceptors (Lipinski definition) is 0. The van der Waals surface area contributed by atoms with Gasteiger partial charge in [0.05, 0.1) is 0 Å². The van der Waals surface area contributed by atoms with Crippen molar-refractivity contribution in [3.63, 3.8) is 0 Å². The van der Waals surface area contributed by atoms with Crippen molar-refractivity contribution in [1.82, 2.24) is 9.13 Å². The van der Waals surface area contributed by atoms with E-state index in [9.17, 15) is 0 Å². The molecule has 0 bridgehead atoms. The summed E-state index contributed by atoms with van der Waals surface area (Å²) in [6.07, 6.45) is 4.25. The Morgan fingerprint density at radius 1 is 0.650 bits per heavy atom. The Labute approximate surface area is 126 Å². The molecule has 1 heterocycles. The van der Waals surface area contributed by atoms with Crippen molar-refractivity contribution in [2.24, 2.45) is 0 Å². The normalized spacial score (nSPS) is 10.6. The summed E-state index contributed by atoms with van der Waals surface area (Å²) in [5, 5.41) is 0. The van der Waals surface area contributed by atoms with Crippen molar-refractivity contribution >= 4 is 15.6 Å². The van der Waals surface area contributed by atoms with Gasteiger partial charge >= 0.3 is 126 Å². The van der Waals surface area contributed by atoms with Crippen LogP contribution in [-0.4, -0.2) is 24.7 Å². The van der Waals surface area contributed by atoms with Gasteiger partial charge in [-0.3, -0.25) is 0 Å². The number of rotatable bonds is 4. The molecule has 0 amide bonds. The summed E-state index contributed by atoms with van der Waals surface area (Å²) >= 11 is 3.19.